The molecule has 186 valence electrons. The van der Waals surface area contributed by atoms with Crippen LogP contribution < -0.4 is 10.6 Å². The normalized spacial score (nSPS) is 34.3. The highest BCUT2D eigenvalue weighted by Crippen LogP contribution is 2.56. The second-order valence-corrected chi connectivity index (χ2v) is 12.3. The Balaban J connectivity index is 1.20. The summed E-state index contributed by atoms with van der Waals surface area (Å²) < 4.78 is 6.04. The number of hydrogen-bond acceptors (Lipinski definition) is 6. The topological polar surface area (TPSA) is 104 Å². The first-order valence-corrected chi connectivity index (χ1v) is 12.8. The van der Waals surface area contributed by atoms with Crippen molar-refractivity contribution in [2.45, 2.75) is 82.6 Å². The molecule has 5 aliphatic rings. The number of carbonyl (C=O) groups is 2. The summed E-state index contributed by atoms with van der Waals surface area (Å²) in [4.78, 5) is 31.9. The zero-order chi connectivity index (χ0) is 24.3. The summed E-state index contributed by atoms with van der Waals surface area (Å²) in [7, 11) is 0. The molecule has 34 heavy (non-hydrogen) atoms. The molecule has 4 saturated carbocycles. The fourth-order valence-corrected chi connectivity index (χ4v) is 6.85. The molecular formula is C25H35ClN4O4. The first kappa shape index (κ1) is 23.7. The highest BCUT2D eigenvalue weighted by atomic mass is 35.5. The van der Waals surface area contributed by atoms with Crippen LogP contribution in [0.4, 0.5) is 10.6 Å². The zero-order valence-electron chi connectivity index (χ0n) is 20.1. The number of rotatable bonds is 4. The van der Waals surface area contributed by atoms with Crippen molar-refractivity contribution in [1.82, 2.24) is 15.2 Å². The van der Waals surface area contributed by atoms with Crippen molar-refractivity contribution < 1.29 is 19.4 Å². The van der Waals surface area contributed by atoms with Crippen molar-refractivity contribution in [3.8, 4) is 0 Å². The largest absolute Gasteiger partial charge is 0.446 e. The second kappa shape index (κ2) is 8.55. The molecule has 1 saturated heterocycles. The first-order chi connectivity index (χ1) is 16.0. The summed E-state index contributed by atoms with van der Waals surface area (Å²) in [5.74, 6) is 1.34. The Bertz CT molecular complexity index is 964. The highest BCUT2D eigenvalue weighted by molar-refractivity contribution is 6.31. The number of carbonyl (C=O) groups excluding carboxylic acids is 2. The number of likely N-dealkylation sites (tertiary alicyclic amines) is 1. The molecule has 1 unspecified atom stereocenters. The van der Waals surface area contributed by atoms with E-state index in [-0.39, 0.29) is 36.0 Å². The Morgan fingerprint density at radius 3 is 2.59 bits per heavy atom. The molecule has 1 aromatic heterocycles. The van der Waals surface area contributed by atoms with Gasteiger partial charge in [0, 0.05) is 30.9 Å². The number of aliphatic hydroxyl groups is 1. The third-order valence-corrected chi connectivity index (χ3v) is 7.97. The van der Waals surface area contributed by atoms with Crippen LogP contribution in [0.5, 0.6) is 0 Å². The summed E-state index contributed by atoms with van der Waals surface area (Å²) in [5, 5.41) is 17.5. The van der Waals surface area contributed by atoms with Crippen molar-refractivity contribution in [1.29, 1.82) is 0 Å². The SMILES string of the molecule is CC(C)(C)NC(=O)c1cc(Cl)cnc1NC1CCN(C(=O)OC2[C@@H]3CC4C[C@@H]2CC(O)(C4)C3)C1. The number of nitrogens with one attached hydrogen (secondary N) is 2. The maximum atomic E-state index is 13.0. The minimum absolute atomic E-state index is 0.0402. The van der Waals surface area contributed by atoms with Gasteiger partial charge in [-0.15, -0.1) is 0 Å². The number of halogens is 1. The monoisotopic (exact) mass is 490 g/mol. The standard InChI is InChI=1S/C25H35ClN4O4/c1-24(2,3)29-22(31)19-8-17(26)12-27-21(19)28-18-4-5-30(13-18)23(32)34-20-15-6-14-7-16(20)11-25(33,9-14)10-15/h8,12,14-16,18,20,33H,4-7,9-11,13H2,1-3H3,(H,27,28)(H,29,31)/t14?,15-,16-,18?,20?,25?/m1/s1. The van der Waals surface area contributed by atoms with Crippen molar-refractivity contribution >= 4 is 29.4 Å². The lowest BCUT2D eigenvalue weighted by atomic mass is 9.53. The lowest BCUT2D eigenvalue weighted by Gasteiger charge is -2.57. The Kier molecular flexibility index (Phi) is 5.96. The fraction of sp³-hybridized carbons (Fsp3) is 0.720. The minimum atomic E-state index is -0.537. The van der Waals surface area contributed by atoms with Crippen LogP contribution in [0.2, 0.25) is 5.02 Å². The summed E-state index contributed by atoms with van der Waals surface area (Å²) in [6, 6.07) is 1.57. The fourth-order valence-electron chi connectivity index (χ4n) is 6.69. The number of aromatic nitrogens is 1. The summed E-state index contributed by atoms with van der Waals surface area (Å²) >= 11 is 6.11. The molecule has 1 aromatic rings. The molecule has 9 heteroatoms. The molecule has 0 radical (unpaired) electrons. The third kappa shape index (κ3) is 4.85. The molecule has 8 nitrogen and oxygen atoms in total. The van der Waals surface area contributed by atoms with Crippen LogP contribution in [0, 0.1) is 17.8 Å². The highest BCUT2D eigenvalue weighted by Gasteiger charge is 2.56. The molecule has 1 aliphatic heterocycles. The average molecular weight is 491 g/mol. The average Bonchev–Trinajstić information content (AvgIpc) is 3.18. The van der Waals surface area contributed by atoms with Crippen LogP contribution >= 0.6 is 11.6 Å². The molecule has 3 N–H and O–H groups in total. The predicted molar refractivity (Wildman–Crippen MR) is 129 cm³/mol. The van der Waals surface area contributed by atoms with Crippen molar-refractivity contribution in [2.24, 2.45) is 17.8 Å². The van der Waals surface area contributed by atoms with Crippen molar-refractivity contribution in [3.63, 3.8) is 0 Å². The Hall–Kier alpha value is -2.06. The summed E-state index contributed by atoms with van der Waals surface area (Å²) in [5.41, 5.74) is -0.544. The molecule has 0 aromatic carbocycles. The van der Waals surface area contributed by atoms with E-state index in [2.05, 4.69) is 15.6 Å². The number of pyridine rings is 1. The van der Waals surface area contributed by atoms with Crippen LogP contribution in [0.3, 0.4) is 0 Å². The molecular weight excluding hydrogens is 456 g/mol. The number of anilines is 1. The van der Waals surface area contributed by atoms with Gasteiger partial charge >= 0.3 is 6.09 Å². The lowest BCUT2D eigenvalue weighted by molar-refractivity contribution is -0.177. The van der Waals surface area contributed by atoms with Gasteiger partial charge in [0.15, 0.2) is 0 Å². The molecule has 2 amide bonds. The van der Waals surface area contributed by atoms with E-state index in [1.165, 1.54) is 6.20 Å². The predicted octanol–water partition coefficient (Wildman–Crippen LogP) is 3.83. The van der Waals surface area contributed by atoms with Crippen LogP contribution in [0.1, 0.15) is 69.7 Å². The van der Waals surface area contributed by atoms with Gasteiger partial charge in [-0.3, -0.25) is 4.79 Å². The van der Waals surface area contributed by atoms with E-state index in [1.807, 2.05) is 20.8 Å². The Labute approximate surface area is 205 Å². The van der Waals surface area contributed by atoms with Gasteiger partial charge in [-0.25, -0.2) is 9.78 Å². The van der Waals surface area contributed by atoms with E-state index in [0.29, 0.717) is 35.4 Å². The maximum absolute atomic E-state index is 13.0. The summed E-state index contributed by atoms with van der Waals surface area (Å²) in [6.45, 7) is 6.82. The van der Waals surface area contributed by atoms with Crippen LogP contribution in [-0.4, -0.2) is 63.4 Å². The molecule has 3 atom stereocenters. The van der Waals surface area contributed by atoms with Gasteiger partial charge in [-0.2, -0.15) is 0 Å². The van der Waals surface area contributed by atoms with E-state index < -0.39 is 11.1 Å². The van der Waals surface area contributed by atoms with Gasteiger partial charge < -0.3 is 25.4 Å². The van der Waals surface area contributed by atoms with E-state index in [9.17, 15) is 14.7 Å². The second-order valence-electron chi connectivity index (χ2n) is 11.9. The molecule has 0 spiro atoms. The number of hydrogen-bond donors (Lipinski definition) is 3. The molecule has 4 bridgehead atoms. The maximum Gasteiger partial charge on any atom is 0.410 e. The van der Waals surface area contributed by atoms with Gasteiger partial charge in [0.05, 0.1) is 16.2 Å². The van der Waals surface area contributed by atoms with Crippen LogP contribution in [0.15, 0.2) is 12.3 Å². The lowest BCUT2D eigenvalue weighted by Crippen LogP contribution is -2.58. The van der Waals surface area contributed by atoms with Crippen LogP contribution in [-0.2, 0) is 4.74 Å². The van der Waals surface area contributed by atoms with Gasteiger partial charge in [-0.1, -0.05) is 11.6 Å². The zero-order valence-corrected chi connectivity index (χ0v) is 20.9. The van der Waals surface area contributed by atoms with Gasteiger partial charge in [-0.05, 0) is 83.1 Å². The number of amides is 2. The van der Waals surface area contributed by atoms with E-state index >= 15 is 0 Å². The van der Waals surface area contributed by atoms with E-state index in [4.69, 9.17) is 16.3 Å². The van der Waals surface area contributed by atoms with Crippen LogP contribution in [0.25, 0.3) is 0 Å². The number of nitrogens with zero attached hydrogens (tertiary/aromatic N) is 2. The molecule has 5 fully saturated rings. The van der Waals surface area contributed by atoms with E-state index in [1.54, 1.807) is 11.0 Å². The van der Waals surface area contributed by atoms with Gasteiger partial charge in [0.25, 0.3) is 5.91 Å². The smallest absolute Gasteiger partial charge is 0.410 e. The van der Waals surface area contributed by atoms with Gasteiger partial charge in [0.2, 0.25) is 0 Å². The Morgan fingerprint density at radius 2 is 1.94 bits per heavy atom. The van der Waals surface area contributed by atoms with Crippen molar-refractivity contribution in [3.05, 3.63) is 22.8 Å². The minimum Gasteiger partial charge on any atom is -0.446 e. The number of ether oxygens (including phenoxy) is 1. The Morgan fingerprint density at radius 1 is 1.24 bits per heavy atom. The molecule has 6 rings (SSSR count). The van der Waals surface area contributed by atoms with Crippen molar-refractivity contribution in [2.75, 3.05) is 18.4 Å². The molecule has 4 aliphatic carbocycles. The quantitative estimate of drug-likeness (QED) is 0.592. The first-order valence-electron chi connectivity index (χ1n) is 12.4. The summed E-state index contributed by atoms with van der Waals surface area (Å²) in [6.07, 6.45) is 6.43. The van der Waals surface area contributed by atoms with Gasteiger partial charge in [0.1, 0.15) is 11.9 Å². The molecule has 2 heterocycles. The van der Waals surface area contributed by atoms with E-state index in [0.717, 1.165) is 38.5 Å². The third-order valence-electron chi connectivity index (χ3n) is 7.77.